The Morgan fingerprint density at radius 2 is 1.93 bits per heavy atom. The van der Waals surface area contributed by atoms with Crippen LogP contribution in [0.15, 0.2) is 29.3 Å². The smallest absolute Gasteiger partial charge is 0.289 e. The molecular formula is C22H29ClN5O2+. The molecule has 4 rings (SSSR count). The molecule has 0 radical (unpaired) electrons. The topological polar surface area (TPSA) is 59.2 Å². The van der Waals surface area contributed by atoms with Gasteiger partial charge in [0.05, 0.1) is 0 Å². The van der Waals surface area contributed by atoms with Crippen LogP contribution in [0, 0.1) is 0 Å². The molecule has 2 atom stereocenters. The molecule has 7 nitrogen and oxygen atoms in total. The van der Waals surface area contributed by atoms with Crippen molar-refractivity contribution in [1.29, 1.82) is 0 Å². The van der Waals surface area contributed by atoms with Crippen LogP contribution < -0.4 is 0 Å². The lowest BCUT2D eigenvalue weighted by Crippen LogP contribution is -2.61. The van der Waals surface area contributed by atoms with Gasteiger partial charge in [-0.25, -0.2) is 9.37 Å². The maximum absolute atomic E-state index is 13.1. The summed E-state index contributed by atoms with van der Waals surface area (Å²) in [6, 6.07) is 7.24. The van der Waals surface area contributed by atoms with E-state index in [1.807, 2.05) is 28.8 Å². The number of aliphatic imine (C=N–C) groups is 1. The van der Waals surface area contributed by atoms with Gasteiger partial charge in [-0.05, 0) is 36.9 Å². The number of likely N-dealkylation sites (tertiary alicyclic amines) is 1. The van der Waals surface area contributed by atoms with Crippen molar-refractivity contribution in [2.75, 3.05) is 27.2 Å². The number of hydrogen-bond donors (Lipinski definition) is 0. The van der Waals surface area contributed by atoms with Gasteiger partial charge in [0.15, 0.2) is 0 Å². The van der Waals surface area contributed by atoms with Crippen molar-refractivity contribution in [3.8, 4) is 0 Å². The van der Waals surface area contributed by atoms with Crippen molar-refractivity contribution in [2.24, 2.45) is 4.99 Å². The average Bonchev–Trinajstić information content (AvgIpc) is 3.10. The van der Waals surface area contributed by atoms with Gasteiger partial charge in [-0.2, -0.15) is 0 Å². The molecule has 3 amide bonds. The Kier molecular flexibility index (Phi) is 5.93. The Bertz CT molecular complexity index is 928. The first-order valence-electron chi connectivity index (χ1n) is 10.7. The predicted molar refractivity (Wildman–Crippen MR) is 117 cm³/mol. The van der Waals surface area contributed by atoms with E-state index in [9.17, 15) is 9.59 Å². The second kappa shape index (κ2) is 8.47. The molecule has 2 unspecified atom stereocenters. The molecule has 2 saturated heterocycles. The van der Waals surface area contributed by atoms with Gasteiger partial charge in [0, 0.05) is 30.7 Å². The summed E-state index contributed by atoms with van der Waals surface area (Å²) in [4.78, 5) is 35.6. The van der Waals surface area contributed by atoms with Crippen LogP contribution in [0.5, 0.6) is 0 Å². The molecule has 0 aromatic heterocycles. The van der Waals surface area contributed by atoms with E-state index in [1.165, 1.54) is 36.1 Å². The second-order valence-electron chi connectivity index (χ2n) is 8.28. The summed E-state index contributed by atoms with van der Waals surface area (Å²) < 4.78 is 2.03. The van der Waals surface area contributed by atoms with E-state index < -0.39 is 6.04 Å². The number of carbonyl (C=O) groups is 2. The van der Waals surface area contributed by atoms with Gasteiger partial charge in [-0.1, -0.05) is 43.1 Å². The molecule has 0 saturated carbocycles. The first-order chi connectivity index (χ1) is 14.4. The number of amides is 3. The lowest BCUT2D eigenvalue weighted by atomic mass is 10.00. The molecule has 1 aromatic carbocycles. The van der Waals surface area contributed by atoms with Crippen molar-refractivity contribution < 1.29 is 14.2 Å². The number of nitrogens with zero attached hydrogens (tertiary/aromatic N) is 5. The van der Waals surface area contributed by atoms with E-state index in [1.54, 1.807) is 7.05 Å². The minimum absolute atomic E-state index is 0.246. The van der Waals surface area contributed by atoms with Gasteiger partial charge in [-0.15, -0.1) is 0 Å². The van der Waals surface area contributed by atoms with E-state index in [0.717, 1.165) is 24.4 Å². The zero-order valence-corrected chi connectivity index (χ0v) is 18.6. The van der Waals surface area contributed by atoms with Gasteiger partial charge < -0.3 is 0 Å². The highest BCUT2D eigenvalue weighted by molar-refractivity contribution is 6.31. The number of likely N-dealkylation sites (N-methyl/N-ethyl adjacent to an activating group) is 2. The van der Waals surface area contributed by atoms with Crippen LogP contribution in [0.1, 0.15) is 38.2 Å². The van der Waals surface area contributed by atoms with Gasteiger partial charge in [0.25, 0.3) is 17.8 Å². The fourth-order valence-corrected chi connectivity index (χ4v) is 4.88. The molecule has 1 aromatic rings. The predicted octanol–water partition coefficient (Wildman–Crippen LogP) is 2.82. The molecule has 160 valence electrons. The lowest BCUT2D eigenvalue weighted by Gasteiger charge is -2.34. The molecular weight excluding hydrogens is 402 g/mol. The monoisotopic (exact) mass is 430 g/mol. The highest BCUT2D eigenvalue weighted by Crippen LogP contribution is 2.25. The van der Waals surface area contributed by atoms with Crippen molar-refractivity contribution in [3.05, 3.63) is 34.9 Å². The summed E-state index contributed by atoms with van der Waals surface area (Å²) in [6.07, 6.45) is 4.71. The van der Waals surface area contributed by atoms with Crippen molar-refractivity contribution in [1.82, 2.24) is 14.7 Å². The molecule has 3 heterocycles. The summed E-state index contributed by atoms with van der Waals surface area (Å²) in [5, 5.41) is 0.663. The highest BCUT2D eigenvalue weighted by Gasteiger charge is 2.53. The highest BCUT2D eigenvalue weighted by atomic mass is 35.5. The number of hydrogen-bond acceptors (Lipinski definition) is 4. The molecule has 8 heteroatoms. The third kappa shape index (κ3) is 3.65. The summed E-state index contributed by atoms with van der Waals surface area (Å²) in [6.45, 7) is 4.39. The van der Waals surface area contributed by atoms with Gasteiger partial charge in [0.2, 0.25) is 0 Å². The number of rotatable bonds is 5. The number of benzene rings is 1. The average molecular weight is 431 g/mol. The first-order valence-corrected chi connectivity index (χ1v) is 11.0. The van der Waals surface area contributed by atoms with Crippen LogP contribution in [0.2, 0.25) is 5.02 Å². The minimum Gasteiger partial charge on any atom is -0.289 e. The molecule has 0 aliphatic carbocycles. The molecule has 30 heavy (non-hydrogen) atoms. The van der Waals surface area contributed by atoms with E-state index in [0.29, 0.717) is 30.0 Å². The zero-order valence-electron chi connectivity index (χ0n) is 17.8. The SMILES string of the molecule is CCC1CCCCN1CC1=[N+](Cc2ccccc2Cl)C2C(=O)N(C)C(=O)N(C)C2=N1. The number of amidine groups is 2. The molecule has 3 aliphatic rings. The van der Waals surface area contributed by atoms with Crippen LogP contribution in [-0.2, 0) is 11.3 Å². The number of halogens is 1. The third-order valence-electron chi connectivity index (χ3n) is 6.48. The molecule has 3 aliphatic heterocycles. The van der Waals surface area contributed by atoms with Crippen molar-refractivity contribution in [3.63, 3.8) is 0 Å². The van der Waals surface area contributed by atoms with E-state index in [4.69, 9.17) is 16.6 Å². The summed E-state index contributed by atoms with van der Waals surface area (Å²) >= 11 is 6.44. The summed E-state index contributed by atoms with van der Waals surface area (Å²) in [7, 11) is 3.21. The Labute approximate surface area is 182 Å². The van der Waals surface area contributed by atoms with E-state index >= 15 is 0 Å². The fraction of sp³-hybridized carbons (Fsp3) is 0.545. The van der Waals surface area contributed by atoms with Crippen LogP contribution in [0.3, 0.4) is 0 Å². The van der Waals surface area contributed by atoms with Crippen LogP contribution in [0.4, 0.5) is 4.79 Å². The van der Waals surface area contributed by atoms with E-state index in [-0.39, 0.29) is 11.9 Å². The van der Waals surface area contributed by atoms with Crippen molar-refractivity contribution >= 4 is 35.2 Å². The number of imide groups is 1. The molecule has 0 bridgehead atoms. The number of carbonyl (C=O) groups excluding carboxylic acids is 2. The second-order valence-corrected chi connectivity index (χ2v) is 8.68. The molecule has 2 fully saturated rings. The Morgan fingerprint density at radius 1 is 1.17 bits per heavy atom. The van der Waals surface area contributed by atoms with E-state index in [2.05, 4.69) is 11.8 Å². The number of fused-ring (bicyclic) bond motifs is 1. The maximum Gasteiger partial charge on any atom is 0.333 e. The quantitative estimate of drug-likeness (QED) is 0.675. The van der Waals surface area contributed by atoms with Gasteiger partial charge in [0.1, 0.15) is 13.1 Å². The minimum atomic E-state index is -0.603. The number of piperidine rings is 1. The van der Waals surface area contributed by atoms with Gasteiger partial charge in [-0.3, -0.25) is 19.5 Å². The summed E-state index contributed by atoms with van der Waals surface area (Å²) in [5.74, 6) is 1.10. The fourth-order valence-electron chi connectivity index (χ4n) is 4.68. The Morgan fingerprint density at radius 3 is 2.67 bits per heavy atom. The Hall–Kier alpha value is -2.25. The largest absolute Gasteiger partial charge is 0.333 e. The van der Waals surface area contributed by atoms with Crippen LogP contribution >= 0.6 is 11.6 Å². The Balaban J connectivity index is 1.73. The maximum atomic E-state index is 13.1. The van der Waals surface area contributed by atoms with Crippen LogP contribution in [-0.4, -0.2) is 82.2 Å². The summed E-state index contributed by atoms with van der Waals surface area (Å²) in [5.41, 5.74) is 0.939. The molecule has 0 spiro atoms. The standard InChI is InChI=1S/C22H29ClN5O2/c1-4-16-10-7-8-12-27(16)14-18-24-20-19(21(29)26(3)22(30)25(20)2)28(18)13-15-9-5-6-11-17(15)23/h5-6,9,11,16,19H,4,7-8,10,12-14H2,1-3H3/q+1. The van der Waals surface area contributed by atoms with Gasteiger partial charge >= 0.3 is 11.9 Å². The normalized spacial score (nSPS) is 25.1. The third-order valence-corrected chi connectivity index (χ3v) is 6.85. The lowest BCUT2D eigenvalue weighted by molar-refractivity contribution is -0.552. The zero-order chi connectivity index (χ0) is 21.4. The molecule has 0 N–H and O–H groups in total. The van der Waals surface area contributed by atoms with Crippen LogP contribution in [0.25, 0.3) is 0 Å². The number of urea groups is 1. The van der Waals surface area contributed by atoms with Crippen molar-refractivity contribution in [2.45, 2.75) is 51.2 Å². The first kappa shape index (κ1) is 21.0.